The van der Waals surface area contributed by atoms with E-state index in [1.165, 1.54) is 4.57 Å². The minimum absolute atomic E-state index is 0.0341. The molecule has 31 heavy (non-hydrogen) atoms. The van der Waals surface area contributed by atoms with Crippen LogP contribution >= 0.6 is 0 Å². The van der Waals surface area contributed by atoms with Crippen molar-refractivity contribution in [2.75, 3.05) is 31.1 Å². The van der Waals surface area contributed by atoms with Crippen molar-refractivity contribution in [3.8, 4) is 5.82 Å². The fourth-order valence-electron chi connectivity index (χ4n) is 3.74. The smallest absolute Gasteiger partial charge is 0.408 e. The number of aryl methyl sites for hydroxylation is 1. The average Bonchev–Trinajstić information content (AvgIpc) is 3.37. The molecule has 1 amide bonds. The van der Waals surface area contributed by atoms with E-state index in [0.29, 0.717) is 43.1 Å². The molecule has 0 radical (unpaired) electrons. The minimum atomic E-state index is -0.518. The number of aromatic nitrogens is 5. The van der Waals surface area contributed by atoms with Crippen LogP contribution in [0.5, 0.6) is 0 Å². The Bertz CT molecular complexity index is 1280. The van der Waals surface area contributed by atoms with Gasteiger partial charge in [-0.15, -0.1) is 10.2 Å². The standard InChI is InChI=1S/C21H21N7O3/c1-15-8-9-28(24-15)19-7-6-18(22-23-19)25-10-12-26(13-11-25)20(29)14-27-16-4-2-3-5-17(16)31-21(27)30/h2-9H,10-14H2,1H3. The van der Waals surface area contributed by atoms with E-state index < -0.39 is 5.76 Å². The normalized spacial score (nSPS) is 14.4. The molecule has 1 aromatic carbocycles. The number of nitrogens with zero attached hydrogens (tertiary/aromatic N) is 7. The Morgan fingerprint density at radius 3 is 2.45 bits per heavy atom. The van der Waals surface area contributed by atoms with Gasteiger partial charge >= 0.3 is 5.76 Å². The third kappa shape index (κ3) is 3.67. The van der Waals surface area contributed by atoms with Crippen LogP contribution in [-0.2, 0) is 11.3 Å². The molecule has 1 aliphatic rings. The molecule has 0 bridgehead atoms. The first-order valence-electron chi connectivity index (χ1n) is 10.1. The van der Waals surface area contributed by atoms with Crippen molar-refractivity contribution in [1.82, 2.24) is 29.4 Å². The highest BCUT2D eigenvalue weighted by Crippen LogP contribution is 2.16. The topological polar surface area (TPSA) is 102 Å². The van der Waals surface area contributed by atoms with Gasteiger partial charge in [-0.1, -0.05) is 12.1 Å². The number of fused-ring (bicyclic) bond motifs is 1. The van der Waals surface area contributed by atoms with Crippen molar-refractivity contribution in [1.29, 1.82) is 0 Å². The van der Waals surface area contributed by atoms with Gasteiger partial charge in [0.25, 0.3) is 0 Å². The molecule has 0 aliphatic carbocycles. The van der Waals surface area contributed by atoms with Gasteiger partial charge in [-0.25, -0.2) is 9.48 Å². The van der Waals surface area contributed by atoms with Gasteiger partial charge in [0, 0.05) is 32.4 Å². The predicted molar refractivity (Wildman–Crippen MR) is 113 cm³/mol. The van der Waals surface area contributed by atoms with Crippen LogP contribution in [-0.4, -0.2) is 61.5 Å². The number of benzene rings is 1. The first kappa shape index (κ1) is 19.0. The van der Waals surface area contributed by atoms with Gasteiger partial charge in [0.2, 0.25) is 5.91 Å². The Morgan fingerprint density at radius 2 is 1.74 bits per heavy atom. The number of hydrogen-bond donors (Lipinski definition) is 0. The van der Waals surface area contributed by atoms with Crippen LogP contribution in [0.1, 0.15) is 5.69 Å². The molecule has 4 heterocycles. The van der Waals surface area contributed by atoms with Gasteiger partial charge in [-0.05, 0) is 37.3 Å². The highest BCUT2D eigenvalue weighted by Gasteiger charge is 2.23. The van der Waals surface area contributed by atoms with E-state index in [2.05, 4.69) is 20.2 Å². The number of carbonyl (C=O) groups excluding carboxylic acids is 1. The molecule has 4 aromatic rings. The number of piperazine rings is 1. The lowest BCUT2D eigenvalue weighted by Gasteiger charge is -2.35. The molecule has 0 saturated carbocycles. The van der Waals surface area contributed by atoms with Gasteiger partial charge in [0.1, 0.15) is 6.54 Å². The number of oxazole rings is 1. The second-order valence-corrected chi connectivity index (χ2v) is 7.44. The molecule has 3 aromatic heterocycles. The molecule has 0 unspecified atom stereocenters. The van der Waals surface area contributed by atoms with E-state index in [1.54, 1.807) is 27.8 Å². The minimum Gasteiger partial charge on any atom is -0.408 e. The highest BCUT2D eigenvalue weighted by molar-refractivity contribution is 5.79. The van der Waals surface area contributed by atoms with Crippen molar-refractivity contribution in [3.63, 3.8) is 0 Å². The van der Waals surface area contributed by atoms with Crippen molar-refractivity contribution >= 4 is 22.8 Å². The van der Waals surface area contributed by atoms with Crippen LogP contribution in [0.3, 0.4) is 0 Å². The summed E-state index contributed by atoms with van der Waals surface area (Å²) in [5.74, 6) is 0.792. The Kier molecular flexibility index (Phi) is 4.73. The number of para-hydroxylation sites is 2. The molecule has 158 valence electrons. The predicted octanol–water partition coefficient (Wildman–Crippen LogP) is 1.23. The fraction of sp³-hybridized carbons (Fsp3) is 0.286. The molecule has 10 nitrogen and oxygen atoms in total. The van der Waals surface area contributed by atoms with Crippen LogP contribution in [0.2, 0.25) is 0 Å². The summed E-state index contributed by atoms with van der Waals surface area (Å²) in [5, 5.41) is 12.9. The third-order valence-electron chi connectivity index (χ3n) is 5.42. The monoisotopic (exact) mass is 419 g/mol. The lowest BCUT2D eigenvalue weighted by Crippen LogP contribution is -2.50. The summed E-state index contributed by atoms with van der Waals surface area (Å²) in [7, 11) is 0. The molecule has 5 rings (SSSR count). The second-order valence-electron chi connectivity index (χ2n) is 7.44. The maximum Gasteiger partial charge on any atom is 0.420 e. The Balaban J connectivity index is 1.22. The maximum absolute atomic E-state index is 12.8. The van der Waals surface area contributed by atoms with E-state index >= 15 is 0 Å². The molecular weight excluding hydrogens is 398 g/mol. The van der Waals surface area contributed by atoms with Crippen molar-refractivity contribution in [2.24, 2.45) is 0 Å². The van der Waals surface area contributed by atoms with Crippen LogP contribution in [0, 0.1) is 6.92 Å². The summed E-state index contributed by atoms with van der Waals surface area (Å²) < 4.78 is 8.28. The molecule has 0 spiro atoms. The number of amides is 1. The number of hydrogen-bond acceptors (Lipinski definition) is 7. The highest BCUT2D eigenvalue weighted by atomic mass is 16.4. The van der Waals surface area contributed by atoms with E-state index in [1.807, 2.05) is 37.4 Å². The zero-order valence-corrected chi connectivity index (χ0v) is 17.0. The molecule has 0 N–H and O–H groups in total. The van der Waals surface area contributed by atoms with Gasteiger partial charge in [-0.3, -0.25) is 9.36 Å². The van der Waals surface area contributed by atoms with Crippen LogP contribution in [0.25, 0.3) is 16.9 Å². The van der Waals surface area contributed by atoms with E-state index in [4.69, 9.17) is 4.42 Å². The van der Waals surface area contributed by atoms with E-state index in [-0.39, 0.29) is 12.5 Å². The van der Waals surface area contributed by atoms with Crippen LogP contribution in [0.15, 0.2) is 57.9 Å². The first-order chi connectivity index (χ1) is 15.1. The number of anilines is 1. The zero-order valence-electron chi connectivity index (χ0n) is 17.0. The lowest BCUT2D eigenvalue weighted by atomic mass is 10.3. The Hall–Kier alpha value is -3.95. The molecule has 0 atom stereocenters. The number of carbonyl (C=O) groups is 1. The van der Waals surface area contributed by atoms with Crippen molar-refractivity contribution in [2.45, 2.75) is 13.5 Å². The maximum atomic E-state index is 12.8. The Morgan fingerprint density at radius 1 is 1.00 bits per heavy atom. The van der Waals surface area contributed by atoms with E-state index in [9.17, 15) is 9.59 Å². The summed E-state index contributed by atoms with van der Waals surface area (Å²) in [6.07, 6.45) is 1.85. The van der Waals surface area contributed by atoms with Gasteiger partial charge < -0.3 is 14.2 Å². The summed E-state index contributed by atoms with van der Waals surface area (Å²) in [4.78, 5) is 28.8. The van der Waals surface area contributed by atoms with Gasteiger partial charge in [0.05, 0.1) is 11.2 Å². The SMILES string of the molecule is Cc1ccn(-c2ccc(N3CCN(C(=O)Cn4c(=O)oc5ccccc54)CC3)nn2)n1. The van der Waals surface area contributed by atoms with Gasteiger partial charge in [0.15, 0.2) is 17.2 Å². The lowest BCUT2D eigenvalue weighted by molar-refractivity contribution is -0.132. The molecule has 1 aliphatic heterocycles. The summed E-state index contributed by atoms with van der Waals surface area (Å²) in [6, 6.07) is 12.8. The molecular formula is C21H21N7O3. The first-order valence-corrected chi connectivity index (χ1v) is 10.1. The largest absolute Gasteiger partial charge is 0.420 e. The zero-order chi connectivity index (χ0) is 21.4. The van der Waals surface area contributed by atoms with Crippen LogP contribution < -0.4 is 10.7 Å². The number of rotatable bonds is 4. The third-order valence-corrected chi connectivity index (χ3v) is 5.42. The van der Waals surface area contributed by atoms with Gasteiger partial charge in [-0.2, -0.15) is 5.10 Å². The Labute approximate surface area is 177 Å². The average molecular weight is 419 g/mol. The second kappa shape index (κ2) is 7.71. The molecule has 1 saturated heterocycles. The summed E-state index contributed by atoms with van der Waals surface area (Å²) in [5.41, 5.74) is 2.02. The van der Waals surface area contributed by atoms with Crippen LogP contribution in [0.4, 0.5) is 5.82 Å². The quantitative estimate of drug-likeness (QED) is 0.490. The summed E-state index contributed by atoms with van der Waals surface area (Å²) >= 11 is 0. The van der Waals surface area contributed by atoms with Crippen molar-refractivity contribution < 1.29 is 9.21 Å². The summed E-state index contributed by atoms with van der Waals surface area (Å²) in [6.45, 7) is 4.26. The molecule has 10 heteroatoms. The van der Waals surface area contributed by atoms with E-state index in [0.717, 1.165) is 11.5 Å². The fourth-order valence-corrected chi connectivity index (χ4v) is 3.74. The van der Waals surface area contributed by atoms with Crippen molar-refractivity contribution in [3.05, 3.63) is 64.9 Å². The molecule has 1 fully saturated rings.